The molecule has 0 fully saturated rings. The first-order chi connectivity index (χ1) is 5.87. The monoisotopic (exact) mass is 188 g/mol. The van der Waals surface area contributed by atoms with Crippen LogP contribution in [0.1, 0.15) is 20.8 Å². The highest BCUT2D eigenvalue weighted by atomic mass is 16.5. The first kappa shape index (κ1) is 12.4. The van der Waals surface area contributed by atoms with Gasteiger partial charge < -0.3 is 15.4 Å². The number of amides is 1. The van der Waals surface area contributed by atoms with Crippen LogP contribution in [0.15, 0.2) is 0 Å². The number of hydrogen-bond donors (Lipinski definition) is 1. The molecule has 0 rings (SSSR count). The lowest BCUT2D eigenvalue weighted by molar-refractivity contribution is -0.135. The van der Waals surface area contributed by atoms with Gasteiger partial charge in [-0.05, 0) is 20.8 Å². The maximum absolute atomic E-state index is 11.2. The normalized spacial score (nSPS) is 11.5. The minimum atomic E-state index is -0.370. The van der Waals surface area contributed by atoms with Crippen LogP contribution in [0.2, 0.25) is 0 Å². The van der Waals surface area contributed by atoms with Gasteiger partial charge in [0.1, 0.15) is 6.61 Å². The van der Waals surface area contributed by atoms with Crippen molar-refractivity contribution >= 4 is 5.91 Å². The summed E-state index contributed by atoms with van der Waals surface area (Å²) in [6, 6.07) is 0. The van der Waals surface area contributed by atoms with Crippen molar-refractivity contribution in [2.24, 2.45) is 5.73 Å². The van der Waals surface area contributed by atoms with Crippen LogP contribution >= 0.6 is 0 Å². The number of likely N-dealkylation sites (N-methyl/N-ethyl adjacent to an activating group) is 1. The van der Waals surface area contributed by atoms with E-state index >= 15 is 0 Å². The molecule has 0 aliphatic rings. The minimum Gasteiger partial charge on any atom is -0.370 e. The zero-order chi connectivity index (χ0) is 10.5. The molecule has 2 N–H and O–H groups in total. The summed E-state index contributed by atoms with van der Waals surface area (Å²) in [5.41, 5.74) is 5.31. The number of nitrogens with zero attached hydrogens (tertiary/aromatic N) is 1. The Kier molecular flexibility index (Phi) is 4.95. The van der Waals surface area contributed by atoms with Gasteiger partial charge in [-0.15, -0.1) is 0 Å². The van der Waals surface area contributed by atoms with Crippen LogP contribution in [0.25, 0.3) is 0 Å². The maximum atomic E-state index is 11.2. The lowest BCUT2D eigenvalue weighted by atomic mass is 10.1. The predicted molar refractivity (Wildman–Crippen MR) is 52.4 cm³/mol. The zero-order valence-corrected chi connectivity index (χ0v) is 8.96. The van der Waals surface area contributed by atoms with Gasteiger partial charge in [0.05, 0.1) is 6.61 Å². The molecule has 0 unspecified atom stereocenters. The molecule has 0 saturated heterocycles. The van der Waals surface area contributed by atoms with Gasteiger partial charge in [-0.1, -0.05) is 0 Å². The third-order valence-electron chi connectivity index (χ3n) is 1.60. The molecule has 4 nitrogen and oxygen atoms in total. The Morgan fingerprint density at radius 2 is 2.08 bits per heavy atom. The molecule has 78 valence electrons. The van der Waals surface area contributed by atoms with Crippen LogP contribution in [-0.4, -0.2) is 43.2 Å². The molecule has 0 aromatic heterocycles. The van der Waals surface area contributed by atoms with E-state index in [2.05, 4.69) is 0 Å². The van der Waals surface area contributed by atoms with Crippen LogP contribution < -0.4 is 5.73 Å². The predicted octanol–water partition coefficient (Wildman–Crippen LogP) is 0.219. The van der Waals surface area contributed by atoms with Crippen LogP contribution in [0.5, 0.6) is 0 Å². The molecule has 0 atom stereocenters. The van der Waals surface area contributed by atoms with Crippen molar-refractivity contribution in [3.63, 3.8) is 0 Å². The molecule has 0 aliphatic carbocycles. The van der Waals surface area contributed by atoms with E-state index in [9.17, 15) is 4.79 Å². The van der Waals surface area contributed by atoms with Gasteiger partial charge >= 0.3 is 0 Å². The van der Waals surface area contributed by atoms with Crippen LogP contribution in [0, 0.1) is 0 Å². The minimum absolute atomic E-state index is 0.00764. The van der Waals surface area contributed by atoms with Crippen LogP contribution in [0.4, 0.5) is 0 Å². The molecular formula is C9H20N2O2. The molecular weight excluding hydrogens is 168 g/mol. The lowest BCUT2D eigenvalue weighted by Gasteiger charge is -2.19. The second-order valence-corrected chi connectivity index (χ2v) is 3.89. The van der Waals surface area contributed by atoms with E-state index in [1.807, 2.05) is 20.8 Å². The highest BCUT2D eigenvalue weighted by Crippen LogP contribution is 1.97. The van der Waals surface area contributed by atoms with E-state index in [1.165, 1.54) is 0 Å². The summed E-state index contributed by atoms with van der Waals surface area (Å²) in [4.78, 5) is 12.8. The molecule has 0 aromatic carbocycles. The van der Waals surface area contributed by atoms with E-state index in [1.54, 1.807) is 11.9 Å². The SMILES string of the molecule is CCN(C)C(=O)COCC(C)(C)N. The summed E-state index contributed by atoms with van der Waals surface area (Å²) < 4.78 is 5.17. The summed E-state index contributed by atoms with van der Waals surface area (Å²) in [6.07, 6.45) is 0. The molecule has 4 heteroatoms. The fourth-order valence-electron chi connectivity index (χ4n) is 0.688. The van der Waals surface area contributed by atoms with Crippen molar-refractivity contribution in [3.05, 3.63) is 0 Å². The van der Waals surface area contributed by atoms with Crippen molar-refractivity contribution in [1.29, 1.82) is 0 Å². The second-order valence-electron chi connectivity index (χ2n) is 3.89. The van der Waals surface area contributed by atoms with Gasteiger partial charge in [-0.25, -0.2) is 0 Å². The average molecular weight is 188 g/mol. The molecule has 0 aromatic rings. The Balaban J connectivity index is 3.60. The number of carbonyl (C=O) groups excluding carboxylic acids is 1. The summed E-state index contributed by atoms with van der Waals surface area (Å²) in [5.74, 6) is -0.00764. The van der Waals surface area contributed by atoms with Crippen molar-refractivity contribution in [3.8, 4) is 0 Å². The van der Waals surface area contributed by atoms with Gasteiger partial charge in [0, 0.05) is 19.1 Å². The summed E-state index contributed by atoms with van der Waals surface area (Å²) >= 11 is 0. The number of hydrogen-bond acceptors (Lipinski definition) is 3. The Labute approximate surface area is 80.0 Å². The third-order valence-corrected chi connectivity index (χ3v) is 1.60. The molecule has 13 heavy (non-hydrogen) atoms. The standard InChI is InChI=1S/C9H20N2O2/c1-5-11(4)8(12)6-13-7-9(2,3)10/h5-7,10H2,1-4H3. The largest absolute Gasteiger partial charge is 0.370 e. The van der Waals surface area contributed by atoms with E-state index in [0.29, 0.717) is 13.2 Å². The van der Waals surface area contributed by atoms with Crippen molar-refractivity contribution in [1.82, 2.24) is 4.90 Å². The third kappa shape index (κ3) is 6.54. The van der Waals surface area contributed by atoms with E-state index in [4.69, 9.17) is 10.5 Å². The Hall–Kier alpha value is -0.610. The van der Waals surface area contributed by atoms with Crippen molar-refractivity contribution in [2.45, 2.75) is 26.3 Å². The molecule has 1 amide bonds. The molecule has 0 bridgehead atoms. The smallest absolute Gasteiger partial charge is 0.248 e. The lowest BCUT2D eigenvalue weighted by Crippen LogP contribution is -2.39. The van der Waals surface area contributed by atoms with Gasteiger partial charge in [-0.3, -0.25) is 4.79 Å². The second kappa shape index (κ2) is 5.19. The van der Waals surface area contributed by atoms with E-state index in [-0.39, 0.29) is 18.1 Å². The molecule has 0 spiro atoms. The number of carbonyl (C=O) groups is 1. The summed E-state index contributed by atoms with van der Waals surface area (Å²) in [7, 11) is 1.75. The first-order valence-corrected chi connectivity index (χ1v) is 4.47. The Morgan fingerprint density at radius 1 is 1.54 bits per heavy atom. The number of ether oxygens (including phenoxy) is 1. The van der Waals surface area contributed by atoms with Crippen LogP contribution in [0.3, 0.4) is 0 Å². The molecule has 0 aliphatic heterocycles. The Morgan fingerprint density at radius 3 is 2.46 bits per heavy atom. The topological polar surface area (TPSA) is 55.6 Å². The van der Waals surface area contributed by atoms with Crippen LogP contribution in [-0.2, 0) is 9.53 Å². The highest BCUT2D eigenvalue weighted by Gasteiger charge is 2.12. The quantitative estimate of drug-likeness (QED) is 0.671. The first-order valence-electron chi connectivity index (χ1n) is 4.47. The average Bonchev–Trinajstić information content (AvgIpc) is 2.00. The van der Waals surface area contributed by atoms with Crippen molar-refractivity contribution < 1.29 is 9.53 Å². The molecule has 0 radical (unpaired) electrons. The van der Waals surface area contributed by atoms with Gasteiger partial charge in [0.25, 0.3) is 0 Å². The van der Waals surface area contributed by atoms with E-state index < -0.39 is 0 Å². The zero-order valence-electron chi connectivity index (χ0n) is 8.96. The fraction of sp³-hybridized carbons (Fsp3) is 0.889. The van der Waals surface area contributed by atoms with Gasteiger partial charge in [-0.2, -0.15) is 0 Å². The van der Waals surface area contributed by atoms with Gasteiger partial charge in [0.2, 0.25) is 5.91 Å². The molecule has 0 saturated carbocycles. The van der Waals surface area contributed by atoms with E-state index in [0.717, 1.165) is 0 Å². The number of rotatable bonds is 5. The number of nitrogens with two attached hydrogens (primary N) is 1. The fourth-order valence-corrected chi connectivity index (χ4v) is 0.688. The van der Waals surface area contributed by atoms with Gasteiger partial charge in [0.15, 0.2) is 0 Å². The highest BCUT2D eigenvalue weighted by molar-refractivity contribution is 5.77. The summed E-state index contributed by atoms with van der Waals surface area (Å²) in [6.45, 7) is 6.86. The molecule has 0 heterocycles. The Bertz CT molecular complexity index is 163. The maximum Gasteiger partial charge on any atom is 0.248 e. The summed E-state index contributed by atoms with van der Waals surface area (Å²) in [5, 5.41) is 0. The van der Waals surface area contributed by atoms with Crippen molar-refractivity contribution in [2.75, 3.05) is 26.8 Å².